The lowest BCUT2D eigenvalue weighted by atomic mass is 10.0. The molecule has 0 unspecified atom stereocenters. The second-order valence-corrected chi connectivity index (χ2v) is 11.5. The minimum absolute atomic E-state index is 1.26. The van der Waals surface area contributed by atoms with Gasteiger partial charge in [-0.2, -0.15) is 0 Å². The highest BCUT2D eigenvalue weighted by Gasteiger charge is 1.96. The maximum absolute atomic E-state index is 2.29. The molecule has 2 rings (SSSR count). The molecule has 0 atom stereocenters. The molecule has 2 aromatic carbocycles. The third kappa shape index (κ3) is 23.5. The zero-order valence-corrected chi connectivity index (χ0v) is 25.7. The Kier molecular flexibility index (Phi) is 25.8. The van der Waals surface area contributed by atoms with Crippen molar-refractivity contribution in [3.63, 3.8) is 0 Å². The Morgan fingerprint density at radius 2 is 0.526 bits per heavy atom. The first-order valence-electron chi connectivity index (χ1n) is 16.9. The summed E-state index contributed by atoms with van der Waals surface area (Å²) < 4.78 is 0. The van der Waals surface area contributed by atoms with E-state index in [1.165, 1.54) is 165 Å². The molecule has 0 aliphatic carbocycles. The van der Waals surface area contributed by atoms with Gasteiger partial charge in [-0.05, 0) is 36.8 Å². The monoisotopic (exact) mass is 521 g/mol. The molecule has 0 aromatic heterocycles. The van der Waals surface area contributed by atoms with Crippen molar-refractivity contribution in [2.45, 2.75) is 168 Å². The minimum atomic E-state index is 1.26. The number of benzene rings is 2. The summed E-state index contributed by atoms with van der Waals surface area (Å²) in [6, 6.07) is 21.8. The highest BCUT2D eigenvalue weighted by molar-refractivity contribution is 5.15. The average Bonchev–Trinajstić information content (AvgIpc) is 2.96. The van der Waals surface area contributed by atoms with Gasteiger partial charge >= 0.3 is 0 Å². The highest BCUT2D eigenvalue weighted by Crippen LogP contribution is 2.14. The largest absolute Gasteiger partial charge is 0.0654 e. The van der Waals surface area contributed by atoms with Crippen molar-refractivity contribution in [2.75, 3.05) is 0 Å². The molecular formula is C38H64. The second kappa shape index (κ2) is 28.4. The summed E-state index contributed by atoms with van der Waals surface area (Å²) in [5.74, 6) is 0. The Hall–Kier alpha value is -1.56. The van der Waals surface area contributed by atoms with Gasteiger partial charge in [0.1, 0.15) is 0 Å². The topological polar surface area (TPSA) is 0 Å². The summed E-state index contributed by atoms with van der Waals surface area (Å²) in [7, 11) is 0. The van der Waals surface area contributed by atoms with Crippen LogP contribution in [0.5, 0.6) is 0 Å². The Morgan fingerprint density at radius 3 is 0.789 bits per heavy atom. The molecule has 216 valence electrons. The molecule has 38 heavy (non-hydrogen) atoms. The van der Waals surface area contributed by atoms with Crippen LogP contribution in [0.1, 0.15) is 166 Å². The molecule has 0 heterocycles. The van der Waals surface area contributed by atoms with Crippen LogP contribution in [-0.4, -0.2) is 0 Å². The first-order chi connectivity index (χ1) is 18.9. The summed E-state index contributed by atoms with van der Waals surface area (Å²) in [6.45, 7) is 4.57. The van der Waals surface area contributed by atoms with Gasteiger partial charge in [0.2, 0.25) is 0 Å². The highest BCUT2D eigenvalue weighted by atomic mass is 14.0. The van der Waals surface area contributed by atoms with Crippen LogP contribution in [0.4, 0.5) is 0 Å². The number of rotatable bonds is 24. The Labute approximate surface area is 239 Å². The quantitative estimate of drug-likeness (QED) is 0.121. The first-order valence-corrected chi connectivity index (χ1v) is 16.9. The van der Waals surface area contributed by atoms with E-state index in [2.05, 4.69) is 74.5 Å². The Balaban J connectivity index is 0.000000382. The van der Waals surface area contributed by atoms with E-state index in [-0.39, 0.29) is 0 Å². The van der Waals surface area contributed by atoms with Gasteiger partial charge in [0.15, 0.2) is 0 Å². The van der Waals surface area contributed by atoms with Gasteiger partial charge in [0.25, 0.3) is 0 Å². The number of hydrogen-bond donors (Lipinski definition) is 0. The summed E-state index contributed by atoms with van der Waals surface area (Å²) in [5.41, 5.74) is 3.00. The fourth-order valence-corrected chi connectivity index (χ4v) is 5.28. The van der Waals surface area contributed by atoms with E-state index in [9.17, 15) is 0 Å². The Morgan fingerprint density at radius 1 is 0.289 bits per heavy atom. The van der Waals surface area contributed by atoms with Crippen molar-refractivity contribution in [1.29, 1.82) is 0 Å². The molecule has 0 fully saturated rings. The van der Waals surface area contributed by atoms with Crippen LogP contribution in [0.25, 0.3) is 0 Å². The molecule has 2 aromatic rings. The minimum Gasteiger partial charge on any atom is -0.0654 e. The lowest BCUT2D eigenvalue weighted by Crippen LogP contribution is -1.86. The third-order valence-corrected chi connectivity index (χ3v) is 7.82. The van der Waals surface area contributed by atoms with Crippen LogP contribution in [-0.2, 0) is 12.8 Å². The van der Waals surface area contributed by atoms with Gasteiger partial charge in [0.05, 0.1) is 0 Å². The van der Waals surface area contributed by atoms with Crippen molar-refractivity contribution in [3.05, 3.63) is 71.8 Å². The average molecular weight is 521 g/mol. The lowest BCUT2D eigenvalue weighted by Gasteiger charge is -2.03. The fourth-order valence-electron chi connectivity index (χ4n) is 5.28. The molecule has 0 bridgehead atoms. The normalized spacial score (nSPS) is 10.8. The van der Waals surface area contributed by atoms with Gasteiger partial charge in [-0.25, -0.2) is 0 Å². The molecule has 0 radical (unpaired) electrons. The zero-order valence-electron chi connectivity index (χ0n) is 25.7. The van der Waals surface area contributed by atoms with Gasteiger partial charge in [-0.15, -0.1) is 0 Å². The first kappa shape index (κ1) is 34.5. The Bertz CT molecular complexity index is 674. The molecular weight excluding hydrogens is 456 g/mol. The number of hydrogen-bond acceptors (Lipinski definition) is 0. The molecule has 0 heteroatoms. The maximum atomic E-state index is 2.29. The van der Waals surface area contributed by atoms with E-state index in [0.717, 1.165) is 0 Å². The van der Waals surface area contributed by atoms with E-state index in [1.807, 2.05) is 0 Å². The van der Waals surface area contributed by atoms with Crippen LogP contribution < -0.4 is 0 Å². The molecule has 0 saturated heterocycles. The summed E-state index contributed by atoms with van der Waals surface area (Å²) in [4.78, 5) is 0. The maximum Gasteiger partial charge on any atom is -0.0279 e. The predicted molar refractivity (Wildman–Crippen MR) is 173 cm³/mol. The molecule has 0 aliphatic rings. The van der Waals surface area contributed by atoms with Crippen LogP contribution in [0.3, 0.4) is 0 Å². The van der Waals surface area contributed by atoms with Crippen molar-refractivity contribution in [1.82, 2.24) is 0 Å². The smallest absolute Gasteiger partial charge is 0.0279 e. The van der Waals surface area contributed by atoms with Crippen molar-refractivity contribution in [2.24, 2.45) is 0 Å². The van der Waals surface area contributed by atoms with E-state index < -0.39 is 0 Å². The zero-order chi connectivity index (χ0) is 27.2. The molecule has 0 saturated carbocycles. The van der Waals surface area contributed by atoms with Crippen LogP contribution in [0, 0.1) is 0 Å². The fraction of sp³-hybridized carbons (Fsp3) is 0.684. The van der Waals surface area contributed by atoms with Gasteiger partial charge in [-0.1, -0.05) is 203 Å². The molecule has 0 nitrogen and oxygen atoms in total. The van der Waals surface area contributed by atoms with E-state index in [1.54, 1.807) is 0 Å². The summed E-state index contributed by atoms with van der Waals surface area (Å²) >= 11 is 0. The SMILES string of the molecule is CCCCCCCCCCCCCCc1ccccc1.CCCCCCCCCCCCc1ccccc1. The summed E-state index contributed by atoms with van der Waals surface area (Å²) in [6.07, 6.45) is 34.0. The number of aryl methyl sites for hydroxylation is 2. The van der Waals surface area contributed by atoms with E-state index in [4.69, 9.17) is 0 Å². The molecule has 0 amide bonds. The van der Waals surface area contributed by atoms with Gasteiger partial charge < -0.3 is 0 Å². The third-order valence-electron chi connectivity index (χ3n) is 7.82. The van der Waals surface area contributed by atoms with Crippen molar-refractivity contribution < 1.29 is 0 Å². The molecule has 0 spiro atoms. The standard InChI is InChI=1S/C20H34.C18H30/c1-2-3-4-5-6-7-8-9-10-11-12-14-17-20-18-15-13-16-19-20;1-2-3-4-5-6-7-8-9-10-12-15-18-16-13-11-14-17-18/h13,15-16,18-19H,2-12,14,17H2,1H3;11,13-14,16-17H,2-10,12,15H2,1H3. The summed E-state index contributed by atoms with van der Waals surface area (Å²) in [5, 5.41) is 0. The van der Waals surface area contributed by atoms with Gasteiger partial charge in [-0.3, -0.25) is 0 Å². The van der Waals surface area contributed by atoms with E-state index in [0.29, 0.717) is 0 Å². The predicted octanol–water partition coefficient (Wildman–Crippen LogP) is 13.1. The molecule has 0 N–H and O–H groups in total. The second-order valence-electron chi connectivity index (χ2n) is 11.5. The molecule has 0 aliphatic heterocycles. The van der Waals surface area contributed by atoms with Crippen LogP contribution >= 0.6 is 0 Å². The van der Waals surface area contributed by atoms with Crippen molar-refractivity contribution >= 4 is 0 Å². The van der Waals surface area contributed by atoms with Crippen LogP contribution in [0.15, 0.2) is 60.7 Å². The van der Waals surface area contributed by atoms with Crippen molar-refractivity contribution in [3.8, 4) is 0 Å². The lowest BCUT2D eigenvalue weighted by molar-refractivity contribution is 0.544. The number of unbranched alkanes of at least 4 members (excludes halogenated alkanes) is 20. The van der Waals surface area contributed by atoms with Crippen LogP contribution in [0.2, 0.25) is 0 Å². The van der Waals surface area contributed by atoms with E-state index >= 15 is 0 Å². The van der Waals surface area contributed by atoms with Gasteiger partial charge in [0, 0.05) is 0 Å².